The number of fused-ring (bicyclic) bond motifs is 1. The topological polar surface area (TPSA) is 84.2 Å². The number of nitrogens with zero attached hydrogens (tertiary/aromatic N) is 6. The lowest BCUT2D eigenvalue weighted by Gasteiger charge is -2.45. The fourth-order valence-corrected chi connectivity index (χ4v) is 6.31. The van der Waals surface area contributed by atoms with Crippen LogP contribution >= 0.6 is 0 Å². The number of amides is 1. The normalized spacial score (nSPS) is 16.9. The first-order valence-corrected chi connectivity index (χ1v) is 15.1. The summed E-state index contributed by atoms with van der Waals surface area (Å²) < 4.78 is 33.0. The molecule has 0 radical (unpaired) electrons. The van der Waals surface area contributed by atoms with Crippen LogP contribution in [0.5, 0.6) is 0 Å². The Labute approximate surface area is 261 Å². The van der Waals surface area contributed by atoms with E-state index in [9.17, 15) is 9.59 Å². The van der Waals surface area contributed by atoms with Crippen LogP contribution in [-0.2, 0) is 4.79 Å². The minimum absolute atomic E-state index is 0.00324. The molecule has 1 aliphatic heterocycles. The zero-order valence-electron chi connectivity index (χ0n) is 26.5. The molecule has 0 N–H and O–H groups in total. The average molecular weight is 613 g/mol. The molecular formula is C35H38F2N6O2. The smallest absolute Gasteiger partial charge is 0.347 e. The lowest BCUT2D eigenvalue weighted by molar-refractivity contribution is -0.127. The van der Waals surface area contributed by atoms with E-state index in [0.29, 0.717) is 30.0 Å². The summed E-state index contributed by atoms with van der Waals surface area (Å²) >= 11 is 0. The van der Waals surface area contributed by atoms with Gasteiger partial charge in [0, 0.05) is 36.9 Å². The molecule has 4 heterocycles. The average Bonchev–Trinajstić information content (AvgIpc) is 2.99. The highest BCUT2D eigenvalue weighted by molar-refractivity contribution is 5.92. The summed E-state index contributed by atoms with van der Waals surface area (Å²) in [7, 11) is 0. The quantitative estimate of drug-likeness (QED) is 0.218. The number of hydrogen-bond acceptors (Lipinski definition) is 6. The monoisotopic (exact) mass is 612 g/mol. The molecule has 1 fully saturated rings. The number of piperazine rings is 1. The Kier molecular flexibility index (Phi) is 8.69. The Morgan fingerprint density at radius 2 is 1.69 bits per heavy atom. The minimum Gasteiger partial charge on any atom is -0.347 e. The van der Waals surface area contributed by atoms with Gasteiger partial charge in [-0.2, -0.15) is 4.98 Å². The molecular weight excluding hydrogens is 574 g/mol. The van der Waals surface area contributed by atoms with Gasteiger partial charge in [-0.15, -0.1) is 0 Å². The Hall–Kier alpha value is -4.73. The van der Waals surface area contributed by atoms with Gasteiger partial charge in [-0.3, -0.25) is 9.78 Å². The van der Waals surface area contributed by atoms with Crippen molar-refractivity contribution < 1.29 is 13.6 Å². The molecule has 45 heavy (non-hydrogen) atoms. The number of halogens is 2. The van der Waals surface area contributed by atoms with Gasteiger partial charge < -0.3 is 9.80 Å². The van der Waals surface area contributed by atoms with E-state index in [1.807, 2.05) is 52.5 Å². The second-order valence-corrected chi connectivity index (χ2v) is 12.1. The molecule has 1 aliphatic rings. The van der Waals surface area contributed by atoms with E-state index < -0.39 is 17.3 Å². The summed E-state index contributed by atoms with van der Waals surface area (Å²) in [6.07, 6.45) is 4.43. The van der Waals surface area contributed by atoms with Crippen molar-refractivity contribution in [3.8, 4) is 16.9 Å². The number of carbonyl (C=O) groups is 1. The van der Waals surface area contributed by atoms with E-state index >= 15 is 8.78 Å². The highest BCUT2D eigenvalue weighted by atomic mass is 19.1. The molecule has 3 aromatic heterocycles. The van der Waals surface area contributed by atoms with Gasteiger partial charge in [0.15, 0.2) is 11.5 Å². The summed E-state index contributed by atoms with van der Waals surface area (Å²) in [4.78, 5) is 44.3. The molecule has 5 rings (SSSR count). The summed E-state index contributed by atoms with van der Waals surface area (Å²) in [5.74, 6) is -1.47. The molecule has 1 aromatic carbocycles. The van der Waals surface area contributed by atoms with Crippen molar-refractivity contribution in [1.29, 1.82) is 0 Å². The van der Waals surface area contributed by atoms with Crippen molar-refractivity contribution in [3.63, 3.8) is 0 Å². The molecule has 0 unspecified atom stereocenters. The largest absolute Gasteiger partial charge is 0.355 e. The lowest BCUT2D eigenvalue weighted by atomic mass is 9.96. The van der Waals surface area contributed by atoms with Gasteiger partial charge in [0.2, 0.25) is 5.91 Å². The molecule has 10 heteroatoms. The summed E-state index contributed by atoms with van der Waals surface area (Å²) in [6.45, 7) is 19.9. The molecule has 1 amide bonds. The zero-order chi connectivity index (χ0) is 32.7. The first-order chi connectivity index (χ1) is 21.4. The van der Waals surface area contributed by atoms with E-state index in [-0.39, 0.29) is 57.9 Å². The van der Waals surface area contributed by atoms with E-state index in [4.69, 9.17) is 4.98 Å². The second kappa shape index (κ2) is 12.3. The first-order valence-electron chi connectivity index (χ1n) is 15.1. The van der Waals surface area contributed by atoms with Gasteiger partial charge in [-0.05, 0) is 61.1 Å². The van der Waals surface area contributed by atoms with E-state index in [2.05, 4.69) is 23.1 Å². The summed E-state index contributed by atoms with van der Waals surface area (Å²) in [5, 5.41) is 0.280. The number of carbonyl (C=O) groups excluding carboxylic acids is 1. The first kappa shape index (κ1) is 31.7. The number of anilines is 1. The standard InChI is InChI=1S/C35H38F2N6O2/c1-9-23-12-11-13-26(36)29(23)31-27(37)16-25-33(39-31)43(32-24(19(3)4)14-15-38-30(32)20(5)6)35(45)40-34(25)42-21(7)17-41(18-22(42)8)28(44)10-2/h9-16,19-22H,1-2,17-18H2,3-8H3/t21-,22-/m0/s1. The Bertz CT molecular complexity index is 1840. The third-order valence-corrected chi connectivity index (χ3v) is 8.33. The van der Waals surface area contributed by atoms with Crippen LogP contribution in [0.25, 0.3) is 34.1 Å². The molecule has 4 aromatic rings. The van der Waals surface area contributed by atoms with Gasteiger partial charge in [0.25, 0.3) is 0 Å². The Balaban J connectivity index is 1.90. The zero-order valence-corrected chi connectivity index (χ0v) is 26.5. The van der Waals surface area contributed by atoms with Gasteiger partial charge in [0.05, 0.1) is 16.8 Å². The predicted octanol–water partition coefficient (Wildman–Crippen LogP) is 6.62. The number of pyridine rings is 2. The molecule has 0 bridgehead atoms. The Morgan fingerprint density at radius 1 is 1.00 bits per heavy atom. The fourth-order valence-electron chi connectivity index (χ4n) is 6.31. The van der Waals surface area contributed by atoms with E-state index in [1.165, 1.54) is 34.9 Å². The predicted molar refractivity (Wildman–Crippen MR) is 175 cm³/mol. The number of aromatic nitrogens is 4. The number of rotatable bonds is 7. The molecule has 8 nitrogen and oxygen atoms in total. The maximum Gasteiger partial charge on any atom is 0.355 e. The van der Waals surface area contributed by atoms with Crippen LogP contribution in [0.3, 0.4) is 0 Å². The maximum absolute atomic E-state index is 16.2. The number of hydrogen-bond donors (Lipinski definition) is 0. The van der Waals surface area contributed by atoms with Gasteiger partial charge >= 0.3 is 5.69 Å². The van der Waals surface area contributed by atoms with E-state index in [0.717, 1.165) is 5.56 Å². The van der Waals surface area contributed by atoms with Crippen molar-refractivity contribution in [1.82, 2.24) is 24.4 Å². The molecule has 0 aliphatic carbocycles. The summed E-state index contributed by atoms with van der Waals surface area (Å²) in [5.41, 5.74) is 1.59. The van der Waals surface area contributed by atoms with Crippen LogP contribution in [0.1, 0.15) is 70.2 Å². The van der Waals surface area contributed by atoms with Crippen molar-refractivity contribution >= 4 is 28.8 Å². The molecule has 234 valence electrons. The third-order valence-electron chi connectivity index (χ3n) is 8.33. The van der Waals surface area contributed by atoms with Crippen LogP contribution in [0.2, 0.25) is 0 Å². The Morgan fingerprint density at radius 3 is 2.29 bits per heavy atom. The second-order valence-electron chi connectivity index (χ2n) is 12.1. The maximum atomic E-state index is 16.2. The van der Waals surface area contributed by atoms with E-state index in [1.54, 1.807) is 17.2 Å². The van der Waals surface area contributed by atoms with Crippen molar-refractivity contribution in [3.05, 3.63) is 94.7 Å². The van der Waals surface area contributed by atoms with Gasteiger partial charge in [-0.25, -0.2) is 23.1 Å². The molecule has 1 saturated heterocycles. The van der Waals surface area contributed by atoms with Crippen molar-refractivity contribution in [2.45, 2.75) is 65.5 Å². The molecule has 2 atom stereocenters. The van der Waals surface area contributed by atoms with Crippen LogP contribution in [0.4, 0.5) is 14.6 Å². The number of benzene rings is 1. The highest BCUT2D eigenvalue weighted by Crippen LogP contribution is 2.37. The van der Waals surface area contributed by atoms with Crippen molar-refractivity contribution in [2.24, 2.45) is 0 Å². The SMILES string of the molecule is C=CC(=O)N1C[C@H](C)N(c2nc(=O)n(-c3c(C(C)C)ccnc3C(C)C)c3nc(-c4c(F)cccc4C=C)c(F)cc23)[C@@H](C)C1. The molecule has 0 saturated carbocycles. The van der Waals surface area contributed by atoms with Crippen LogP contribution in [-0.4, -0.2) is 55.5 Å². The van der Waals surface area contributed by atoms with Gasteiger partial charge in [-0.1, -0.05) is 59.1 Å². The fraction of sp³-hybridized carbons (Fsp3) is 0.343. The van der Waals surface area contributed by atoms with Crippen LogP contribution in [0, 0.1) is 11.6 Å². The van der Waals surface area contributed by atoms with Crippen LogP contribution in [0.15, 0.2) is 60.6 Å². The molecule has 0 spiro atoms. The van der Waals surface area contributed by atoms with Crippen molar-refractivity contribution in [2.75, 3.05) is 18.0 Å². The minimum atomic E-state index is -0.774. The summed E-state index contributed by atoms with van der Waals surface area (Å²) in [6, 6.07) is 6.96. The third kappa shape index (κ3) is 5.54. The van der Waals surface area contributed by atoms with Crippen LogP contribution < -0.4 is 10.6 Å². The van der Waals surface area contributed by atoms with Gasteiger partial charge in [0.1, 0.15) is 17.3 Å². The lowest BCUT2D eigenvalue weighted by Crippen LogP contribution is -2.58. The highest BCUT2D eigenvalue weighted by Gasteiger charge is 2.35.